The third-order valence-corrected chi connectivity index (χ3v) is 5.24. The highest BCUT2D eigenvalue weighted by Gasteiger charge is 2.67. The van der Waals surface area contributed by atoms with E-state index in [-0.39, 0.29) is 29.2 Å². The Balaban J connectivity index is 2.23. The van der Waals surface area contributed by atoms with Crippen molar-refractivity contribution >= 4 is 11.8 Å². The van der Waals surface area contributed by atoms with E-state index in [1.54, 1.807) is 0 Å². The van der Waals surface area contributed by atoms with E-state index in [0.29, 0.717) is 12.3 Å². The van der Waals surface area contributed by atoms with Gasteiger partial charge in [0.25, 0.3) is 0 Å². The smallest absolute Gasteiger partial charge is 0.308 e. The van der Waals surface area contributed by atoms with Crippen LogP contribution in [-0.2, 0) is 14.3 Å². The van der Waals surface area contributed by atoms with Gasteiger partial charge >= 0.3 is 5.97 Å². The summed E-state index contributed by atoms with van der Waals surface area (Å²) in [5, 5.41) is 0. The Kier molecular flexibility index (Phi) is 2.64. The molecule has 3 nitrogen and oxygen atoms in total. The van der Waals surface area contributed by atoms with Gasteiger partial charge in [-0.15, -0.1) is 0 Å². The number of hydrogen-bond acceptors (Lipinski definition) is 3. The Morgan fingerprint density at radius 2 is 1.94 bits per heavy atom. The largest absolute Gasteiger partial charge is 0.461 e. The molecule has 2 saturated carbocycles. The quantitative estimate of drug-likeness (QED) is 0.694. The molecule has 0 unspecified atom stereocenters. The van der Waals surface area contributed by atoms with E-state index in [9.17, 15) is 9.59 Å². The number of hydrogen-bond donors (Lipinski definition) is 0. The highest BCUT2D eigenvalue weighted by molar-refractivity contribution is 5.90. The van der Waals surface area contributed by atoms with Gasteiger partial charge in [0.15, 0.2) is 0 Å². The molecule has 0 radical (unpaired) electrons. The first-order chi connectivity index (χ1) is 7.71. The summed E-state index contributed by atoms with van der Waals surface area (Å²) in [4.78, 5) is 23.8. The monoisotopic (exact) mass is 238 g/mol. The van der Waals surface area contributed by atoms with Crippen molar-refractivity contribution in [3.8, 4) is 0 Å². The third-order valence-electron chi connectivity index (χ3n) is 5.24. The van der Waals surface area contributed by atoms with Gasteiger partial charge in [-0.25, -0.2) is 0 Å². The molecule has 17 heavy (non-hydrogen) atoms. The molecule has 3 heteroatoms. The Bertz CT molecular complexity index is 370. The molecule has 3 atom stereocenters. The summed E-state index contributed by atoms with van der Waals surface area (Å²) >= 11 is 0. The SMILES string of the molecule is CC(C)C(=O)O[C@@H]1C[C@H]2CC(=O)[C@]1(C)C2(C)C. The van der Waals surface area contributed by atoms with Crippen LogP contribution in [0.25, 0.3) is 0 Å². The van der Waals surface area contributed by atoms with Crippen LogP contribution in [0.1, 0.15) is 47.5 Å². The van der Waals surface area contributed by atoms with E-state index in [4.69, 9.17) is 4.74 Å². The minimum absolute atomic E-state index is 0.0496. The molecule has 96 valence electrons. The van der Waals surface area contributed by atoms with Crippen molar-refractivity contribution in [1.82, 2.24) is 0 Å². The van der Waals surface area contributed by atoms with Crippen molar-refractivity contribution in [1.29, 1.82) is 0 Å². The zero-order chi connectivity index (χ0) is 13.0. The van der Waals surface area contributed by atoms with Crippen LogP contribution in [0.3, 0.4) is 0 Å². The first kappa shape index (κ1) is 12.6. The van der Waals surface area contributed by atoms with Crippen molar-refractivity contribution < 1.29 is 14.3 Å². The van der Waals surface area contributed by atoms with E-state index < -0.39 is 5.41 Å². The Labute approximate surface area is 103 Å². The summed E-state index contributed by atoms with van der Waals surface area (Å²) in [5.41, 5.74) is -0.534. The lowest BCUT2D eigenvalue weighted by Crippen LogP contribution is -2.44. The minimum atomic E-state index is -0.484. The number of carbonyl (C=O) groups excluding carboxylic acids is 2. The van der Waals surface area contributed by atoms with Crippen molar-refractivity contribution in [3.05, 3.63) is 0 Å². The first-order valence-corrected chi connectivity index (χ1v) is 6.45. The van der Waals surface area contributed by atoms with Crippen LogP contribution < -0.4 is 0 Å². The van der Waals surface area contributed by atoms with E-state index in [1.165, 1.54) is 0 Å². The molecule has 0 saturated heterocycles. The second-order valence-electron chi connectivity index (χ2n) is 6.56. The molecule has 0 aromatic carbocycles. The molecule has 0 spiro atoms. The molecule has 0 aliphatic heterocycles. The molecular formula is C14H22O3. The molecule has 0 heterocycles. The van der Waals surface area contributed by atoms with Crippen molar-refractivity contribution in [3.63, 3.8) is 0 Å². The fourth-order valence-electron chi connectivity index (χ4n) is 3.38. The summed E-state index contributed by atoms with van der Waals surface area (Å²) in [6, 6.07) is 0. The van der Waals surface area contributed by atoms with Crippen LogP contribution in [0.5, 0.6) is 0 Å². The summed E-state index contributed by atoms with van der Waals surface area (Å²) in [6.45, 7) is 9.88. The van der Waals surface area contributed by atoms with Crippen LogP contribution in [0.2, 0.25) is 0 Å². The Morgan fingerprint density at radius 1 is 1.35 bits per heavy atom. The number of rotatable bonds is 2. The first-order valence-electron chi connectivity index (χ1n) is 6.45. The summed E-state index contributed by atoms with van der Waals surface area (Å²) < 4.78 is 5.56. The third kappa shape index (κ3) is 1.47. The Morgan fingerprint density at radius 3 is 2.35 bits per heavy atom. The van der Waals surface area contributed by atoms with Gasteiger partial charge < -0.3 is 4.74 Å². The number of ketones is 1. The average molecular weight is 238 g/mol. The van der Waals surface area contributed by atoms with Crippen LogP contribution >= 0.6 is 0 Å². The lowest BCUT2D eigenvalue weighted by atomic mass is 9.69. The number of ether oxygens (including phenoxy) is 1. The molecule has 2 rings (SSSR count). The highest BCUT2D eigenvalue weighted by Crippen LogP contribution is 2.64. The van der Waals surface area contributed by atoms with Crippen LogP contribution in [0.4, 0.5) is 0 Å². The number of carbonyl (C=O) groups is 2. The lowest BCUT2D eigenvalue weighted by Gasteiger charge is -2.36. The number of fused-ring (bicyclic) bond motifs is 2. The maximum Gasteiger partial charge on any atom is 0.308 e. The maximum atomic E-state index is 12.1. The second-order valence-corrected chi connectivity index (χ2v) is 6.56. The molecule has 2 aliphatic carbocycles. The summed E-state index contributed by atoms with van der Waals surface area (Å²) in [5.74, 6) is 0.314. The van der Waals surface area contributed by atoms with Crippen molar-refractivity contribution in [2.24, 2.45) is 22.7 Å². The molecule has 2 bridgehead atoms. The fraction of sp³-hybridized carbons (Fsp3) is 0.857. The molecule has 0 aromatic heterocycles. The second kappa shape index (κ2) is 3.56. The topological polar surface area (TPSA) is 43.4 Å². The van der Waals surface area contributed by atoms with Gasteiger partial charge in [0, 0.05) is 6.42 Å². The van der Waals surface area contributed by atoms with E-state index in [1.807, 2.05) is 20.8 Å². The van der Waals surface area contributed by atoms with Crippen LogP contribution in [0, 0.1) is 22.7 Å². The maximum absolute atomic E-state index is 12.1. The van der Waals surface area contributed by atoms with Crippen molar-refractivity contribution in [2.75, 3.05) is 0 Å². The van der Waals surface area contributed by atoms with Crippen molar-refractivity contribution in [2.45, 2.75) is 53.6 Å². The number of Topliss-reactive ketones (excluding diaryl/α,β-unsaturated/α-hetero) is 1. The van der Waals surface area contributed by atoms with E-state index in [2.05, 4.69) is 13.8 Å². The van der Waals surface area contributed by atoms with Gasteiger partial charge in [0.1, 0.15) is 11.9 Å². The van der Waals surface area contributed by atoms with Gasteiger partial charge in [-0.2, -0.15) is 0 Å². The molecule has 2 aliphatic rings. The standard InChI is InChI=1S/C14H22O3/c1-8(2)12(16)17-11-7-9-6-10(15)14(11,5)13(9,3)4/h8-9,11H,6-7H2,1-5H3/t9-,11-,14+/m1/s1. The molecular weight excluding hydrogens is 216 g/mol. The van der Waals surface area contributed by atoms with Gasteiger partial charge in [-0.1, -0.05) is 27.7 Å². The van der Waals surface area contributed by atoms with Gasteiger partial charge in [-0.05, 0) is 24.7 Å². The molecule has 0 amide bonds. The minimum Gasteiger partial charge on any atom is -0.461 e. The van der Waals surface area contributed by atoms with Crippen LogP contribution in [0.15, 0.2) is 0 Å². The summed E-state index contributed by atoms with van der Waals surface area (Å²) in [7, 11) is 0. The summed E-state index contributed by atoms with van der Waals surface area (Å²) in [6.07, 6.45) is 1.27. The van der Waals surface area contributed by atoms with Gasteiger partial charge in [0.2, 0.25) is 0 Å². The molecule has 0 N–H and O–H groups in total. The zero-order valence-corrected chi connectivity index (χ0v) is 11.4. The lowest BCUT2D eigenvalue weighted by molar-refractivity contribution is -0.163. The van der Waals surface area contributed by atoms with Gasteiger partial charge in [0.05, 0.1) is 11.3 Å². The van der Waals surface area contributed by atoms with E-state index in [0.717, 1.165) is 6.42 Å². The molecule has 2 fully saturated rings. The highest BCUT2D eigenvalue weighted by atomic mass is 16.5. The Hall–Kier alpha value is -0.860. The normalized spacial score (nSPS) is 38.8. The van der Waals surface area contributed by atoms with E-state index >= 15 is 0 Å². The fourth-order valence-corrected chi connectivity index (χ4v) is 3.38. The average Bonchev–Trinajstić information content (AvgIpc) is 2.49. The zero-order valence-electron chi connectivity index (χ0n) is 11.4. The number of esters is 1. The predicted octanol–water partition coefficient (Wildman–Crippen LogP) is 2.58. The van der Waals surface area contributed by atoms with Crippen LogP contribution in [-0.4, -0.2) is 17.9 Å². The molecule has 0 aromatic rings. The predicted molar refractivity (Wildman–Crippen MR) is 64.3 cm³/mol. The van der Waals surface area contributed by atoms with Gasteiger partial charge in [-0.3, -0.25) is 9.59 Å².